The van der Waals surface area contributed by atoms with Gasteiger partial charge in [-0.2, -0.15) is 11.8 Å². The van der Waals surface area contributed by atoms with Gasteiger partial charge in [-0.15, -0.1) is 0 Å². The highest BCUT2D eigenvalue weighted by Crippen LogP contribution is 2.60. The number of imide groups is 1. The van der Waals surface area contributed by atoms with Crippen LogP contribution in [-0.2, 0) is 19.1 Å². The Morgan fingerprint density at radius 1 is 1.10 bits per heavy atom. The molecule has 2 amide bonds. The van der Waals surface area contributed by atoms with Crippen molar-refractivity contribution in [1.82, 2.24) is 4.90 Å². The topological polar surface area (TPSA) is 80.8 Å². The molecular formula is C22H23Br2NO5S. The summed E-state index contributed by atoms with van der Waals surface area (Å²) in [5.74, 6) is -1.58. The lowest BCUT2D eigenvalue weighted by atomic mass is 9.81. The van der Waals surface area contributed by atoms with Gasteiger partial charge in [-0.3, -0.25) is 19.3 Å². The Morgan fingerprint density at radius 2 is 1.68 bits per heavy atom. The summed E-state index contributed by atoms with van der Waals surface area (Å²) in [5.41, 5.74) is 0.446. The van der Waals surface area contributed by atoms with Gasteiger partial charge in [-0.1, -0.05) is 62.2 Å². The average molecular weight is 573 g/mol. The number of ketones is 1. The van der Waals surface area contributed by atoms with Crippen molar-refractivity contribution in [3.05, 3.63) is 35.9 Å². The van der Waals surface area contributed by atoms with Gasteiger partial charge < -0.3 is 4.74 Å². The molecule has 166 valence electrons. The van der Waals surface area contributed by atoms with Crippen LogP contribution < -0.4 is 0 Å². The molecule has 2 bridgehead atoms. The number of hydrogen-bond acceptors (Lipinski definition) is 6. The first-order valence-electron chi connectivity index (χ1n) is 10.3. The quantitative estimate of drug-likeness (QED) is 0.206. The standard InChI is InChI=1S/C22H23Br2NO5S/c1-31-8-7-14(22(29)30-10-15(26)11-5-3-2-4-6-11)25-20(27)16-12-9-13(17(16)21(25)28)19(24)18(12)23/h2-6,12-14,16-19H,7-10H2,1H3/t12-,13+,14-,16+,17-,18+,19+/m0/s1. The summed E-state index contributed by atoms with van der Waals surface area (Å²) in [7, 11) is 0. The number of likely N-dealkylation sites (tertiary alicyclic amines) is 1. The summed E-state index contributed by atoms with van der Waals surface area (Å²) in [6.07, 6.45) is 3.04. The van der Waals surface area contributed by atoms with Crippen LogP contribution >= 0.6 is 43.6 Å². The number of fused-ring (bicyclic) bond motifs is 5. The van der Waals surface area contributed by atoms with Crippen molar-refractivity contribution in [3.8, 4) is 0 Å². The van der Waals surface area contributed by atoms with Crippen molar-refractivity contribution < 1.29 is 23.9 Å². The number of rotatable bonds is 8. The van der Waals surface area contributed by atoms with E-state index in [0.29, 0.717) is 17.7 Å². The Hall–Kier alpha value is -1.19. The molecule has 0 radical (unpaired) electrons. The minimum absolute atomic E-state index is 0.0812. The van der Waals surface area contributed by atoms with Crippen LogP contribution in [0.15, 0.2) is 30.3 Å². The Morgan fingerprint density at radius 3 is 2.23 bits per heavy atom. The van der Waals surface area contributed by atoms with Crippen molar-refractivity contribution in [2.24, 2.45) is 23.7 Å². The summed E-state index contributed by atoms with van der Waals surface area (Å²) in [5, 5.41) is 0. The van der Waals surface area contributed by atoms with E-state index in [-0.39, 0.29) is 50.9 Å². The van der Waals surface area contributed by atoms with Gasteiger partial charge in [0.15, 0.2) is 12.4 Å². The predicted octanol–water partition coefficient (Wildman–Crippen LogP) is 3.31. The molecule has 0 N–H and O–H groups in total. The van der Waals surface area contributed by atoms with Gasteiger partial charge in [-0.05, 0) is 36.7 Å². The molecule has 1 aromatic rings. The van der Waals surface area contributed by atoms with E-state index in [9.17, 15) is 19.2 Å². The number of hydrogen-bond donors (Lipinski definition) is 0. The predicted molar refractivity (Wildman–Crippen MR) is 124 cm³/mol. The zero-order valence-electron chi connectivity index (χ0n) is 16.9. The molecule has 0 aromatic heterocycles. The Labute approximate surface area is 202 Å². The van der Waals surface area contributed by atoms with E-state index in [1.165, 1.54) is 11.8 Å². The molecule has 7 atom stereocenters. The number of halogens is 2. The van der Waals surface area contributed by atoms with Crippen molar-refractivity contribution >= 4 is 67.2 Å². The minimum atomic E-state index is -0.997. The highest BCUT2D eigenvalue weighted by atomic mass is 79.9. The van der Waals surface area contributed by atoms with Crippen LogP contribution in [-0.4, -0.2) is 62.8 Å². The Bertz CT molecular complexity index is 865. The molecule has 1 heterocycles. The number of esters is 1. The number of amides is 2. The van der Waals surface area contributed by atoms with E-state index in [0.717, 1.165) is 11.3 Å². The van der Waals surface area contributed by atoms with E-state index in [2.05, 4.69) is 31.9 Å². The first-order chi connectivity index (χ1) is 14.9. The molecule has 3 fully saturated rings. The molecule has 0 unspecified atom stereocenters. The summed E-state index contributed by atoms with van der Waals surface area (Å²) in [4.78, 5) is 53.3. The van der Waals surface area contributed by atoms with Crippen molar-refractivity contribution in [2.75, 3.05) is 18.6 Å². The molecular weight excluding hydrogens is 550 g/mol. The maximum absolute atomic E-state index is 13.3. The third-order valence-corrected chi connectivity index (χ3v) is 10.5. The minimum Gasteiger partial charge on any atom is -0.456 e. The zero-order chi connectivity index (χ0) is 22.3. The second kappa shape index (κ2) is 9.35. The van der Waals surface area contributed by atoms with Gasteiger partial charge in [0.1, 0.15) is 6.04 Å². The van der Waals surface area contributed by atoms with E-state index < -0.39 is 18.6 Å². The largest absolute Gasteiger partial charge is 0.456 e. The average Bonchev–Trinajstić information content (AvgIpc) is 3.38. The fourth-order valence-corrected chi connectivity index (χ4v) is 7.53. The van der Waals surface area contributed by atoms with Crippen LogP contribution in [0.5, 0.6) is 0 Å². The van der Waals surface area contributed by atoms with Gasteiger partial charge in [-0.25, -0.2) is 4.79 Å². The molecule has 1 aliphatic heterocycles. The van der Waals surface area contributed by atoms with Crippen LogP contribution in [0.2, 0.25) is 0 Å². The number of benzene rings is 1. The molecule has 3 aliphatic rings. The van der Waals surface area contributed by atoms with E-state index in [4.69, 9.17) is 4.74 Å². The third kappa shape index (κ3) is 4.02. The van der Waals surface area contributed by atoms with Crippen molar-refractivity contribution in [3.63, 3.8) is 0 Å². The molecule has 1 saturated heterocycles. The number of ether oxygens (including phenoxy) is 1. The highest BCUT2D eigenvalue weighted by Gasteiger charge is 2.67. The number of carbonyl (C=O) groups is 4. The smallest absolute Gasteiger partial charge is 0.329 e. The van der Waals surface area contributed by atoms with Crippen LogP contribution in [0.25, 0.3) is 0 Å². The molecule has 6 nitrogen and oxygen atoms in total. The maximum atomic E-state index is 13.3. The van der Waals surface area contributed by atoms with E-state index >= 15 is 0 Å². The molecule has 2 saturated carbocycles. The third-order valence-electron chi connectivity index (χ3n) is 6.64. The fourth-order valence-electron chi connectivity index (χ4n) is 5.20. The monoisotopic (exact) mass is 571 g/mol. The number of thioether (sulfide) groups is 1. The number of carbonyl (C=O) groups excluding carboxylic acids is 4. The second-order valence-corrected chi connectivity index (χ2v) is 11.3. The Balaban J connectivity index is 1.50. The van der Waals surface area contributed by atoms with Gasteiger partial charge in [0, 0.05) is 15.2 Å². The highest BCUT2D eigenvalue weighted by molar-refractivity contribution is 9.12. The SMILES string of the molecule is CSCC[C@@H](C(=O)OCC(=O)c1ccccc1)N1C(=O)[C@@H]2[C@@H]3C[C@@H]([C@@H](Br)[C@@H]3Br)[C@@H]2C1=O. The lowest BCUT2D eigenvalue weighted by Crippen LogP contribution is -2.47. The van der Waals surface area contributed by atoms with Gasteiger partial charge >= 0.3 is 5.97 Å². The molecule has 0 spiro atoms. The molecule has 31 heavy (non-hydrogen) atoms. The summed E-state index contributed by atoms with van der Waals surface area (Å²) >= 11 is 8.87. The molecule has 2 aliphatic carbocycles. The molecule has 1 aromatic carbocycles. The van der Waals surface area contributed by atoms with Crippen molar-refractivity contribution in [2.45, 2.75) is 28.5 Å². The zero-order valence-corrected chi connectivity index (χ0v) is 20.9. The number of nitrogens with zero attached hydrogens (tertiary/aromatic N) is 1. The van der Waals surface area contributed by atoms with E-state index in [1.54, 1.807) is 30.3 Å². The fraction of sp³-hybridized carbons (Fsp3) is 0.545. The van der Waals surface area contributed by atoms with E-state index in [1.807, 2.05) is 6.26 Å². The van der Waals surface area contributed by atoms with Crippen LogP contribution in [0, 0.1) is 23.7 Å². The molecule has 9 heteroatoms. The van der Waals surface area contributed by atoms with Crippen LogP contribution in [0.3, 0.4) is 0 Å². The normalized spacial score (nSPS) is 32.3. The summed E-state index contributed by atoms with van der Waals surface area (Å²) in [6.45, 7) is -0.417. The number of Topliss-reactive ketones (excluding diaryl/α,β-unsaturated/α-hetero) is 1. The lowest BCUT2D eigenvalue weighted by Gasteiger charge is -2.28. The van der Waals surface area contributed by atoms with Gasteiger partial charge in [0.25, 0.3) is 0 Å². The number of alkyl halides is 2. The summed E-state index contributed by atoms with van der Waals surface area (Å²) < 4.78 is 5.30. The lowest BCUT2D eigenvalue weighted by molar-refractivity contribution is -0.158. The first kappa shape index (κ1) is 23.0. The van der Waals surface area contributed by atoms with Crippen molar-refractivity contribution in [1.29, 1.82) is 0 Å². The Kier molecular flexibility index (Phi) is 6.93. The van der Waals surface area contributed by atoms with Crippen LogP contribution in [0.1, 0.15) is 23.2 Å². The van der Waals surface area contributed by atoms with Crippen LogP contribution in [0.4, 0.5) is 0 Å². The van der Waals surface area contributed by atoms with Gasteiger partial charge in [0.05, 0.1) is 11.8 Å². The second-order valence-electron chi connectivity index (χ2n) is 8.24. The molecule has 4 rings (SSSR count). The van der Waals surface area contributed by atoms with Gasteiger partial charge in [0.2, 0.25) is 11.8 Å². The first-order valence-corrected chi connectivity index (χ1v) is 13.5. The summed E-state index contributed by atoms with van der Waals surface area (Å²) in [6, 6.07) is 7.57. The maximum Gasteiger partial charge on any atom is 0.329 e.